The van der Waals surface area contributed by atoms with Crippen molar-refractivity contribution in [3.63, 3.8) is 0 Å². The molecule has 1 saturated heterocycles. The van der Waals surface area contributed by atoms with Crippen LogP contribution in [-0.2, 0) is 16.6 Å². The first kappa shape index (κ1) is 19.8. The molecule has 28 heavy (non-hydrogen) atoms. The highest BCUT2D eigenvalue weighted by Gasteiger charge is 2.24. The lowest BCUT2D eigenvalue weighted by Crippen LogP contribution is -2.43. The van der Waals surface area contributed by atoms with E-state index in [2.05, 4.69) is 27.4 Å². The average molecular weight is 383 g/mol. The molecule has 0 aliphatic carbocycles. The van der Waals surface area contributed by atoms with Crippen molar-refractivity contribution < 1.29 is 14.4 Å². The molecule has 2 heterocycles. The number of anilines is 1. The second kappa shape index (κ2) is 8.79. The summed E-state index contributed by atoms with van der Waals surface area (Å²) in [6.45, 7) is 4.54. The Kier molecular flexibility index (Phi) is 6.20. The van der Waals surface area contributed by atoms with Crippen molar-refractivity contribution in [2.45, 2.75) is 25.8 Å². The van der Waals surface area contributed by atoms with Crippen LogP contribution in [0.3, 0.4) is 0 Å². The van der Waals surface area contributed by atoms with E-state index in [1.165, 1.54) is 0 Å². The molecular formula is C20H25N5O3. The standard InChI is InChI=1S/C20H25N5O3/c1-3-25-11-4-5-16(25)13-22-19(27)20(28)23-15-8-6-14(7-9-15)17(26)18-21-10-12-24(18)2/h6-10,12,16H,3-5,11,13H2,1-2H3,(H,22,27)(H,23,28). The lowest BCUT2D eigenvalue weighted by Gasteiger charge is -2.22. The third kappa shape index (κ3) is 4.45. The Hall–Kier alpha value is -3.00. The molecule has 1 aliphatic heterocycles. The van der Waals surface area contributed by atoms with Crippen LogP contribution in [0.2, 0.25) is 0 Å². The zero-order valence-electron chi connectivity index (χ0n) is 16.1. The van der Waals surface area contributed by atoms with Crippen molar-refractivity contribution in [1.29, 1.82) is 0 Å². The number of aromatic nitrogens is 2. The van der Waals surface area contributed by atoms with Crippen LogP contribution in [-0.4, -0.2) is 57.7 Å². The number of aryl methyl sites for hydroxylation is 1. The number of amides is 2. The number of ketones is 1. The summed E-state index contributed by atoms with van der Waals surface area (Å²) in [5.41, 5.74) is 0.908. The first-order valence-electron chi connectivity index (χ1n) is 9.45. The van der Waals surface area contributed by atoms with E-state index in [1.54, 1.807) is 48.3 Å². The summed E-state index contributed by atoms with van der Waals surface area (Å²) in [6, 6.07) is 6.68. The summed E-state index contributed by atoms with van der Waals surface area (Å²) in [5, 5.41) is 5.26. The number of rotatable bonds is 6. The number of nitrogens with one attached hydrogen (secondary N) is 2. The number of carbonyl (C=O) groups is 3. The Labute approximate surface area is 163 Å². The van der Waals surface area contributed by atoms with Crippen LogP contribution < -0.4 is 10.6 Å². The number of carbonyl (C=O) groups excluding carboxylic acids is 3. The molecule has 0 spiro atoms. The van der Waals surface area contributed by atoms with Gasteiger partial charge in [0.25, 0.3) is 0 Å². The maximum absolute atomic E-state index is 12.4. The van der Waals surface area contributed by atoms with Gasteiger partial charge in [-0.05, 0) is 50.2 Å². The molecular weight excluding hydrogens is 358 g/mol. The number of likely N-dealkylation sites (tertiary alicyclic amines) is 1. The predicted molar refractivity (Wildman–Crippen MR) is 105 cm³/mol. The monoisotopic (exact) mass is 383 g/mol. The van der Waals surface area contributed by atoms with Gasteiger partial charge in [0.15, 0.2) is 5.82 Å². The molecule has 8 heteroatoms. The smallest absolute Gasteiger partial charge is 0.313 e. The number of hydrogen-bond acceptors (Lipinski definition) is 5. The first-order chi connectivity index (χ1) is 13.5. The molecule has 0 saturated carbocycles. The fourth-order valence-corrected chi connectivity index (χ4v) is 3.44. The van der Waals surface area contributed by atoms with E-state index in [0.29, 0.717) is 23.6 Å². The van der Waals surface area contributed by atoms with Crippen LogP contribution in [0.5, 0.6) is 0 Å². The second-order valence-corrected chi connectivity index (χ2v) is 6.86. The molecule has 0 radical (unpaired) electrons. The van der Waals surface area contributed by atoms with Crippen molar-refractivity contribution in [2.24, 2.45) is 7.05 Å². The van der Waals surface area contributed by atoms with Crippen molar-refractivity contribution in [1.82, 2.24) is 19.8 Å². The fraction of sp³-hybridized carbons (Fsp3) is 0.400. The van der Waals surface area contributed by atoms with Gasteiger partial charge >= 0.3 is 11.8 Å². The van der Waals surface area contributed by atoms with Gasteiger partial charge in [0.05, 0.1) is 0 Å². The van der Waals surface area contributed by atoms with E-state index in [-0.39, 0.29) is 11.8 Å². The molecule has 1 unspecified atom stereocenters. The van der Waals surface area contributed by atoms with Crippen molar-refractivity contribution in [3.8, 4) is 0 Å². The van der Waals surface area contributed by atoms with E-state index >= 15 is 0 Å². The molecule has 8 nitrogen and oxygen atoms in total. The molecule has 1 fully saturated rings. The quantitative estimate of drug-likeness (QED) is 0.577. The highest BCUT2D eigenvalue weighted by atomic mass is 16.2. The lowest BCUT2D eigenvalue weighted by atomic mass is 10.1. The lowest BCUT2D eigenvalue weighted by molar-refractivity contribution is -0.136. The van der Waals surface area contributed by atoms with E-state index in [9.17, 15) is 14.4 Å². The summed E-state index contributed by atoms with van der Waals surface area (Å²) in [5.74, 6) is -1.25. The third-order valence-electron chi connectivity index (χ3n) is 5.04. The molecule has 148 valence electrons. The topological polar surface area (TPSA) is 96.3 Å². The van der Waals surface area contributed by atoms with Crippen molar-refractivity contribution in [2.75, 3.05) is 25.0 Å². The van der Waals surface area contributed by atoms with E-state index in [4.69, 9.17) is 0 Å². The van der Waals surface area contributed by atoms with Crippen LogP contribution in [0.1, 0.15) is 35.9 Å². The van der Waals surface area contributed by atoms with Gasteiger partial charge in [-0.2, -0.15) is 0 Å². The number of nitrogens with zero attached hydrogens (tertiary/aromatic N) is 3. The number of hydrogen-bond donors (Lipinski definition) is 2. The first-order valence-corrected chi connectivity index (χ1v) is 9.45. The number of likely N-dealkylation sites (N-methyl/N-ethyl adjacent to an activating group) is 1. The Morgan fingerprint density at radius 1 is 1.18 bits per heavy atom. The highest BCUT2D eigenvalue weighted by Crippen LogP contribution is 2.16. The summed E-state index contributed by atoms with van der Waals surface area (Å²) in [4.78, 5) is 42.9. The van der Waals surface area contributed by atoms with Crippen LogP contribution in [0.15, 0.2) is 36.7 Å². The van der Waals surface area contributed by atoms with Gasteiger partial charge in [0, 0.05) is 43.3 Å². The summed E-state index contributed by atoms with van der Waals surface area (Å²) in [6.07, 6.45) is 5.41. The van der Waals surface area contributed by atoms with Crippen molar-refractivity contribution >= 4 is 23.3 Å². The molecule has 2 aromatic rings. The summed E-state index contributed by atoms with van der Waals surface area (Å²) < 4.78 is 1.65. The zero-order chi connectivity index (χ0) is 20.1. The van der Waals surface area contributed by atoms with Gasteiger partial charge in [-0.3, -0.25) is 19.3 Å². The Bertz CT molecular complexity index is 859. The molecule has 1 aromatic heterocycles. The minimum atomic E-state index is -0.718. The molecule has 2 amide bonds. The van der Waals surface area contributed by atoms with Gasteiger partial charge < -0.3 is 15.2 Å². The highest BCUT2D eigenvalue weighted by molar-refractivity contribution is 6.39. The summed E-state index contributed by atoms with van der Waals surface area (Å²) in [7, 11) is 1.75. The van der Waals surface area contributed by atoms with Gasteiger partial charge in [0.2, 0.25) is 5.78 Å². The largest absolute Gasteiger partial charge is 0.346 e. The maximum atomic E-state index is 12.4. The van der Waals surface area contributed by atoms with Gasteiger partial charge in [0.1, 0.15) is 0 Å². The number of imidazole rings is 1. The molecule has 2 N–H and O–H groups in total. The SMILES string of the molecule is CCN1CCCC1CNC(=O)C(=O)Nc1ccc(C(=O)c2nccn2C)cc1. The van der Waals surface area contributed by atoms with Crippen LogP contribution in [0, 0.1) is 0 Å². The molecule has 1 atom stereocenters. The maximum Gasteiger partial charge on any atom is 0.313 e. The molecule has 1 aliphatic rings. The molecule has 0 bridgehead atoms. The minimum absolute atomic E-state index is 0.208. The van der Waals surface area contributed by atoms with Crippen LogP contribution in [0.25, 0.3) is 0 Å². The van der Waals surface area contributed by atoms with Crippen LogP contribution >= 0.6 is 0 Å². The van der Waals surface area contributed by atoms with Gasteiger partial charge in [-0.25, -0.2) is 4.98 Å². The third-order valence-corrected chi connectivity index (χ3v) is 5.04. The fourth-order valence-electron chi connectivity index (χ4n) is 3.44. The van der Waals surface area contributed by atoms with Gasteiger partial charge in [-0.1, -0.05) is 6.92 Å². The van der Waals surface area contributed by atoms with E-state index in [0.717, 1.165) is 25.9 Å². The Balaban J connectivity index is 1.53. The Morgan fingerprint density at radius 2 is 1.93 bits per heavy atom. The van der Waals surface area contributed by atoms with E-state index < -0.39 is 11.8 Å². The summed E-state index contributed by atoms with van der Waals surface area (Å²) >= 11 is 0. The average Bonchev–Trinajstić information content (AvgIpc) is 3.34. The Morgan fingerprint density at radius 3 is 2.57 bits per heavy atom. The molecule has 1 aromatic carbocycles. The number of benzene rings is 1. The predicted octanol–water partition coefficient (Wildman–Crippen LogP) is 1.19. The zero-order valence-corrected chi connectivity index (χ0v) is 16.1. The minimum Gasteiger partial charge on any atom is -0.346 e. The normalized spacial score (nSPS) is 16.7. The van der Waals surface area contributed by atoms with Crippen LogP contribution in [0.4, 0.5) is 5.69 Å². The van der Waals surface area contributed by atoms with E-state index in [1.807, 2.05) is 0 Å². The van der Waals surface area contributed by atoms with Crippen molar-refractivity contribution in [3.05, 3.63) is 48.0 Å². The second-order valence-electron chi connectivity index (χ2n) is 6.86. The van der Waals surface area contributed by atoms with Gasteiger partial charge in [-0.15, -0.1) is 0 Å². The molecule has 3 rings (SSSR count).